The van der Waals surface area contributed by atoms with Gasteiger partial charge in [-0.25, -0.2) is 0 Å². The summed E-state index contributed by atoms with van der Waals surface area (Å²) in [6, 6.07) is 2.16. The Bertz CT molecular complexity index is 308. The maximum Gasteiger partial charge on any atom is 0.0410 e. The molecule has 70 valence electrons. The maximum atomic E-state index is 4.17. The number of rotatable bonds is 3. The molecule has 0 spiro atoms. The van der Waals surface area contributed by atoms with Gasteiger partial charge < -0.3 is 0 Å². The van der Waals surface area contributed by atoms with Gasteiger partial charge in [-0.05, 0) is 52.2 Å². The number of pyridine rings is 1. The summed E-state index contributed by atoms with van der Waals surface area (Å²) in [5.74, 6) is 0. The Balaban J connectivity index is 2.09. The molecule has 13 heavy (non-hydrogen) atoms. The third-order valence-electron chi connectivity index (χ3n) is 2.58. The predicted octanol–water partition coefficient (Wildman–Crippen LogP) is 3.56. The molecule has 1 heterocycles. The Labute approximate surface area is 95.2 Å². The van der Waals surface area contributed by atoms with Gasteiger partial charge in [0, 0.05) is 22.2 Å². The number of halogens is 2. The molecule has 1 aliphatic carbocycles. The van der Waals surface area contributed by atoms with E-state index in [1.807, 2.05) is 12.4 Å². The van der Waals surface area contributed by atoms with Crippen LogP contribution in [-0.4, -0.2) is 10.3 Å². The Morgan fingerprint density at radius 1 is 1.38 bits per heavy atom. The summed E-state index contributed by atoms with van der Waals surface area (Å²) in [6.45, 7) is 0. The van der Waals surface area contributed by atoms with Gasteiger partial charge in [0.1, 0.15) is 0 Å². The topological polar surface area (TPSA) is 12.9 Å². The van der Waals surface area contributed by atoms with E-state index in [9.17, 15) is 0 Å². The van der Waals surface area contributed by atoms with Gasteiger partial charge in [-0.15, -0.1) is 0 Å². The number of hydrogen-bond acceptors (Lipinski definition) is 1. The number of alkyl halides is 1. The lowest BCUT2D eigenvalue weighted by molar-refractivity contribution is 0.585. The van der Waals surface area contributed by atoms with Crippen LogP contribution in [0.5, 0.6) is 0 Å². The van der Waals surface area contributed by atoms with E-state index >= 15 is 0 Å². The molecule has 0 bridgehead atoms. The van der Waals surface area contributed by atoms with Gasteiger partial charge in [-0.1, -0.05) is 15.9 Å². The highest BCUT2D eigenvalue weighted by atomic mass is 79.9. The van der Waals surface area contributed by atoms with Crippen LogP contribution in [-0.2, 0) is 6.42 Å². The third kappa shape index (κ3) is 2.32. The average molecular weight is 305 g/mol. The minimum atomic E-state index is 0.544. The Morgan fingerprint density at radius 3 is 2.69 bits per heavy atom. The SMILES string of the molecule is BrCC1(Cc2cncc(Br)c2)CC1. The zero-order chi connectivity index (χ0) is 9.31. The Hall–Kier alpha value is 0.110. The largest absolute Gasteiger partial charge is 0.263 e. The van der Waals surface area contributed by atoms with Crippen molar-refractivity contribution in [1.82, 2.24) is 4.98 Å². The molecule has 1 fully saturated rings. The van der Waals surface area contributed by atoms with Crippen molar-refractivity contribution in [1.29, 1.82) is 0 Å². The van der Waals surface area contributed by atoms with Gasteiger partial charge in [-0.3, -0.25) is 4.98 Å². The number of nitrogens with zero attached hydrogens (tertiary/aromatic N) is 1. The highest BCUT2D eigenvalue weighted by Crippen LogP contribution is 2.49. The van der Waals surface area contributed by atoms with E-state index in [-0.39, 0.29) is 0 Å². The fourth-order valence-electron chi connectivity index (χ4n) is 1.52. The van der Waals surface area contributed by atoms with E-state index in [1.54, 1.807) is 0 Å². The fraction of sp³-hybridized carbons (Fsp3) is 0.500. The molecule has 1 aliphatic rings. The van der Waals surface area contributed by atoms with Gasteiger partial charge in [0.25, 0.3) is 0 Å². The predicted molar refractivity (Wildman–Crippen MR) is 61.1 cm³/mol. The maximum absolute atomic E-state index is 4.17. The quantitative estimate of drug-likeness (QED) is 0.778. The van der Waals surface area contributed by atoms with Crippen LogP contribution >= 0.6 is 31.9 Å². The zero-order valence-electron chi connectivity index (χ0n) is 7.26. The summed E-state index contributed by atoms with van der Waals surface area (Å²) < 4.78 is 1.08. The highest BCUT2D eigenvalue weighted by Gasteiger charge is 2.41. The minimum Gasteiger partial charge on any atom is -0.263 e. The molecular formula is C10H11Br2N. The van der Waals surface area contributed by atoms with Crippen molar-refractivity contribution in [2.45, 2.75) is 19.3 Å². The van der Waals surface area contributed by atoms with E-state index < -0.39 is 0 Å². The van der Waals surface area contributed by atoms with Crippen LogP contribution in [0.3, 0.4) is 0 Å². The van der Waals surface area contributed by atoms with E-state index in [0.29, 0.717) is 5.41 Å². The molecule has 1 aromatic heterocycles. The molecule has 0 N–H and O–H groups in total. The molecule has 0 radical (unpaired) electrons. The second-order valence-electron chi connectivity index (χ2n) is 3.82. The summed E-state index contributed by atoms with van der Waals surface area (Å²) in [4.78, 5) is 4.17. The van der Waals surface area contributed by atoms with Crippen LogP contribution in [0.2, 0.25) is 0 Å². The van der Waals surface area contributed by atoms with Crippen LogP contribution in [0.25, 0.3) is 0 Å². The smallest absolute Gasteiger partial charge is 0.0410 e. The number of hydrogen-bond donors (Lipinski definition) is 0. The third-order valence-corrected chi connectivity index (χ3v) is 4.20. The molecular weight excluding hydrogens is 294 g/mol. The fourth-order valence-corrected chi connectivity index (χ4v) is 2.69. The van der Waals surface area contributed by atoms with Crippen molar-refractivity contribution in [3.05, 3.63) is 28.5 Å². The first kappa shape index (κ1) is 9.66. The first-order valence-corrected chi connectivity index (χ1v) is 6.31. The highest BCUT2D eigenvalue weighted by molar-refractivity contribution is 9.10. The Kier molecular flexibility index (Phi) is 2.75. The summed E-state index contributed by atoms with van der Waals surface area (Å²) >= 11 is 7.02. The van der Waals surface area contributed by atoms with Crippen molar-refractivity contribution >= 4 is 31.9 Å². The van der Waals surface area contributed by atoms with Crippen molar-refractivity contribution in [3.63, 3.8) is 0 Å². The second kappa shape index (κ2) is 3.70. The van der Waals surface area contributed by atoms with Crippen molar-refractivity contribution in [3.8, 4) is 0 Å². The molecule has 0 amide bonds. The van der Waals surface area contributed by atoms with E-state index in [0.717, 1.165) is 16.2 Å². The molecule has 0 aromatic carbocycles. The first-order chi connectivity index (χ1) is 6.24. The standard InChI is InChI=1S/C10H11Br2N/c11-7-10(1-2-10)4-8-3-9(12)6-13-5-8/h3,5-6H,1-2,4,7H2. The molecule has 0 unspecified atom stereocenters. The van der Waals surface area contributed by atoms with E-state index in [2.05, 4.69) is 42.9 Å². The van der Waals surface area contributed by atoms with Crippen LogP contribution in [0, 0.1) is 5.41 Å². The van der Waals surface area contributed by atoms with Crippen molar-refractivity contribution in [2.75, 3.05) is 5.33 Å². The van der Waals surface area contributed by atoms with Gasteiger partial charge in [0.05, 0.1) is 0 Å². The molecule has 0 aliphatic heterocycles. The van der Waals surface area contributed by atoms with Crippen LogP contribution in [0.1, 0.15) is 18.4 Å². The van der Waals surface area contributed by atoms with Gasteiger partial charge in [0.2, 0.25) is 0 Å². The molecule has 3 heteroatoms. The number of aromatic nitrogens is 1. The minimum absolute atomic E-state index is 0.544. The monoisotopic (exact) mass is 303 g/mol. The summed E-state index contributed by atoms with van der Waals surface area (Å²) in [5.41, 5.74) is 1.88. The van der Waals surface area contributed by atoms with Crippen molar-refractivity contribution < 1.29 is 0 Å². The molecule has 2 rings (SSSR count). The van der Waals surface area contributed by atoms with Crippen molar-refractivity contribution in [2.24, 2.45) is 5.41 Å². The first-order valence-electron chi connectivity index (χ1n) is 4.40. The summed E-state index contributed by atoms with van der Waals surface area (Å²) in [7, 11) is 0. The lowest BCUT2D eigenvalue weighted by Gasteiger charge is -2.10. The van der Waals surface area contributed by atoms with Gasteiger partial charge in [0.15, 0.2) is 0 Å². The van der Waals surface area contributed by atoms with Crippen LogP contribution < -0.4 is 0 Å². The normalized spacial score (nSPS) is 18.6. The summed E-state index contributed by atoms with van der Waals surface area (Å²) in [6.07, 6.45) is 7.66. The van der Waals surface area contributed by atoms with Gasteiger partial charge in [-0.2, -0.15) is 0 Å². The van der Waals surface area contributed by atoms with Crippen LogP contribution in [0.15, 0.2) is 22.9 Å². The molecule has 1 saturated carbocycles. The lowest BCUT2D eigenvalue weighted by Crippen LogP contribution is -2.06. The summed E-state index contributed by atoms with van der Waals surface area (Å²) in [5, 5.41) is 1.12. The van der Waals surface area contributed by atoms with Gasteiger partial charge >= 0.3 is 0 Å². The van der Waals surface area contributed by atoms with E-state index in [4.69, 9.17) is 0 Å². The van der Waals surface area contributed by atoms with Crippen LogP contribution in [0.4, 0.5) is 0 Å². The molecule has 0 saturated heterocycles. The molecule has 1 nitrogen and oxygen atoms in total. The molecule has 0 atom stereocenters. The Morgan fingerprint density at radius 2 is 2.15 bits per heavy atom. The average Bonchev–Trinajstić information content (AvgIpc) is 2.86. The van der Waals surface area contributed by atoms with E-state index in [1.165, 1.54) is 18.4 Å². The molecule has 1 aromatic rings. The lowest BCUT2D eigenvalue weighted by atomic mass is 10.0. The second-order valence-corrected chi connectivity index (χ2v) is 5.30. The zero-order valence-corrected chi connectivity index (χ0v) is 10.4.